The first-order valence-electron chi connectivity index (χ1n) is 3.90. The molecule has 0 aliphatic heterocycles. The number of aliphatic hydroxyl groups is 1. The topological polar surface area (TPSA) is 20.2 Å². The van der Waals surface area contributed by atoms with Gasteiger partial charge in [-0.1, -0.05) is 19.8 Å². The van der Waals surface area contributed by atoms with Crippen LogP contribution in [0.3, 0.4) is 0 Å². The average molecular weight is 142 g/mol. The van der Waals surface area contributed by atoms with E-state index in [0.717, 1.165) is 19.3 Å². The highest BCUT2D eigenvalue weighted by molar-refractivity contribution is 4.65. The van der Waals surface area contributed by atoms with Gasteiger partial charge in [-0.25, -0.2) is 0 Å². The molecule has 0 aromatic heterocycles. The van der Waals surface area contributed by atoms with Crippen LogP contribution in [-0.4, -0.2) is 10.7 Å². The van der Waals surface area contributed by atoms with Gasteiger partial charge in [-0.05, 0) is 33.1 Å². The summed E-state index contributed by atoms with van der Waals surface area (Å²) >= 11 is 0. The molecule has 1 atom stereocenters. The largest absolute Gasteiger partial charge is 0.390 e. The molecule has 0 amide bonds. The molecule has 0 aliphatic rings. The molecule has 0 aromatic carbocycles. The summed E-state index contributed by atoms with van der Waals surface area (Å²) in [5, 5.41) is 9.29. The summed E-state index contributed by atoms with van der Waals surface area (Å²) in [7, 11) is 0. The predicted molar refractivity (Wildman–Crippen MR) is 43.6 cm³/mol. The Morgan fingerprint density at radius 3 is 2.30 bits per heavy atom. The maximum atomic E-state index is 9.29. The van der Waals surface area contributed by atoms with Gasteiger partial charge >= 0.3 is 0 Å². The smallest absolute Gasteiger partial charge is 0.0591 e. The van der Waals surface area contributed by atoms with Crippen LogP contribution in [-0.2, 0) is 0 Å². The second kappa shape index (κ2) is 3.97. The van der Waals surface area contributed by atoms with Gasteiger partial charge in [0.25, 0.3) is 0 Å². The van der Waals surface area contributed by atoms with E-state index in [1.54, 1.807) is 0 Å². The van der Waals surface area contributed by atoms with Gasteiger partial charge < -0.3 is 5.11 Å². The van der Waals surface area contributed by atoms with Crippen molar-refractivity contribution in [3.63, 3.8) is 0 Å². The van der Waals surface area contributed by atoms with Gasteiger partial charge in [0.05, 0.1) is 5.60 Å². The third kappa shape index (κ3) is 7.96. The molecule has 0 spiro atoms. The van der Waals surface area contributed by atoms with E-state index in [0.29, 0.717) is 0 Å². The molecule has 1 nitrogen and oxygen atoms in total. The van der Waals surface area contributed by atoms with E-state index in [2.05, 4.69) is 0 Å². The summed E-state index contributed by atoms with van der Waals surface area (Å²) in [5.41, 5.74) is -0.519. The van der Waals surface area contributed by atoms with Crippen molar-refractivity contribution in [3.05, 3.63) is 6.92 Å². The SMILES string of the molecule is [CH]C(C)CCCC(C)(C)O. The van der Waals surface area contributed by atoms with Crippen molar-refractivity contribution < 1.29 is 5.11 Å². The fraction of sp³-hybridized carbons (Fsp3) is 0.889. The summed E-state index contributed by atoms with van der Waals surface area (Å²) in [6, 6.07) is 0. The van der Waals surface area contributed by atoms with Crippen LogP contribution >= 0.6 is 0 Å². The highest BCUT2D eigenvalue weighted by Gasteiger charge is 2.11. The van der Waals surface area contributed by atoms with Crippen molar-refractivity contribution in [3.8, 4) is 0 Å². The lowest BCUT2D eigenvalue weighted by Gasteiger charge is -2.16. The molecule has 0 saturated carbocycles. The van der Waals surface area contributed by atoms with E-state index in [1.165, 1.54) is 0 Å². The van der Waals surface area contributed by atoms with Crippen molar-refractivity contribution in [2.45, 2.75) is 45.6 Å². The zero-order valence-electron chi connectivity index (χ0n) is 7.22. The Bertz CT molecular complexity index is 79.2. The minimum absolute atomic E-state index is 0.266. The molecular formula is C9H18O. The van der Waals surface area contributed by atoms with Crippen LogP contribution in [0.2, 0.25) is 0 Å². The van der Waals surface area contributed by atoms with E-state index in [1.807, 2.05) is 20.8 Å². The van der Waals surface area contributed by atoms with E-state index in [4.69, 9.17) is 6.92 Å². The maximum absolute atomic E-state index is 9.29. The van der Waals surface area contributed by atoms with E-state index < -0.39 is 5.60 Å². The molecule has 0 saturated heterocycles. The Hall–Kier alpha value is -0.0400. The van der Waals surface area contributed by atoms with Crippen LogP contribution in [0, 0.1) is 12.8 Å². The van der Waals surface area contributed by atoms with Crippen molar-refractivity contribution in [1.29, 1.82) is 0 Å². The maximum Gasteiger partial charge on any atom is 0.0591 e. The lowest BCUT2D eigenvalue weighted by Crippen LogP contribution is -2.18. The zero-order valence-corrected chi connectivity index (χ0v) is 7.22. The Morgan fingerprint density at radius 1 is 1.50 bits per heavy atom. The van der Waals surface area contributed by atoms with Crippen molar-refractivity contribution in [2.75, 3.05) is 0 Å². The summed E-state index contributed by atoms with van der Waals surface area (Å²) in [6.07, 6.45) is 2.86. The molecule has 1 heteroatoms. The van der Waals surface area contributed by atoms with Crippen molar-refractivity contribution >= 4 is 0 Å². The fourth-order valence-electron chi connectivity index (χ4n) is 0.857. The van der Waals surface area contributed by atoms with Gasteiger partial charge in [0, 0.05) is 0 Å². The van der Waals surface area contributed by atoms with Crippen LogP contribution in [0.25, 0.3) is 0 Å². The lowest BCUT2D eigenvalue weighted by molar-refractivity contribution is 0.0675. The van der Waals surface area contributed by atoms with Crippen LogP contribution in [0.15, 0.2) is 0 Å². The molecule has 1 unspecified atom stereocenters. The average Bonchev–Trinajstić information content (AvgIpc) is 1.59. The summed E-state index contributed by atoms with van der Waals surface area (Å²) in [5.74, 6) is 0.266. The molecule has 0 aromatic rings. The van der Waals surface area contributed by atoms with E-state index >= 15 is 0 Å². The quantitative estimate of drug-likeness (QED) is 0.638. The number of rotatable bonds is 4. The van der Waals surface area contributed by atoms with E-state index in [-0.39, 0.29) is 5.92 Å². The third-order valence-electron chi connectivity index (χ3n) is 1.45. The number of hydrogen-bond acceptors (Lipinski definition) is 1. The van der Waals surface area contributed by atoms with Crippen LogP contribution < -0.4 is 0 Å². The van der Waals surface area contributed by atoms with Gasteiger partial charge in [0.2, 0.25) is 0 Å². The van der Waals surface area contributed by atoms with Crippen LogP contribution in [0.5, 0.6) is 0 Å². The molecule has 0 fully saturated rings. The normalized spacial score (nSPS) is 12.6. The molecule has 0 bridgehead atoms. The first-order chi connectivity index (χ1) is 4.42. The molecule has 1 N–H and O–H groups in total. The van der Waals surface area contributed by atoms with Gasteiger partial charge in [0.15, 0.2) is 0 Å². The Balaban J connectivity index is 3.21. The second-order valence-corrected chi connectivity index (χ2v) is 3.68. The lowest BCUT2D eigenvalue weighted by atomic mass is 9.98. The molecule has 0 rings (SSSR count). The predicted octanol–water partition coefficient (Wildman–Crippen LogP) is 2.27. The van der Waals surface area contributed by atoms with E-state index in [9.17, 15) is 5.11 Å². The minimum atomic E-state index is -0.519. The van der Waals surface area contributed by atoms with Gasteiger partial charge in [-0.15, -0.1) is 0 Å². The first-order valence-corrected chi connectivity index (χ1v) is 3.90. The zero-order chi connectivity index (χ0) is 8.20. The third-order valence-corrected chi connectivity index (χ3v) is 1.45. The molecule has 60 valence electrons. The first kappa shape index (κ1) is 9.96. The Labute approximate surface area is 64.5 Å². The monoisotopic (exact) mass is 142 g/mol. The van der Waals surface area contributed by atoms with Gasteiger partial charge in [0.1, 0.15) is 0 Å². The van der Waals surface area contributed by atoms with Crippen LogP contribution in [0.1, 0.15) is 40.0 Å². The Kier molecular flexibility index (Phi) is 3.95. The Morgan fingerprint density at radius 2 is 2.00 bits per heavy atom. The highest BCUT2D eigenvalue weighted by atomic mass is 16.3. The summed E-state index contributed by atoms with van der Waals surface area (Å²) in [6.45, 7) is 11.2. The van der Waals surface area contributed by atoms with Crippen LogP contribution in [0.4, 0.5) is 0 Å². The molecule has 0 aliphatic carbocycles. The standard InChI is InChI=1S/C9H18O/c1-8(2)6-5-7-9(3,4)10/h1,8,10H,5-7H2,2-4H3. The fourth-order valence-corrected chi connectivity index (χ4v) is 0.857. The molecule has 0 heterocycles. The van der Waals surface area contributed by atoms with Crippen molar-refractivity contribution in [2.24, 2.45) is 5.92 Å². The van der Waals surface area contributed by atoms with Crippen molar-refractivity contribution in [1.82, 2.24) is 0 Å². The number of hydrogen-bond donors (Lipinski definition) is 1. The van der Waals surface area contributed by atoms with Gasteiger partial charge in [-0.3, -0.25) is 0 Å². The van der Waals surface area contributed by atoms with Gasteiger partial charge in [-0.2, -0.15) is 0 Å². The minimum Gasteiger partial charge on any atom is -0.390 e. The molecule has 10 heavy (non-hydrogen) atoms. The summed E-state index contributed by atoms with van der Waals surface area (Å²) < 4.78 is 0. The molecule has 2 radical (unpaired) electrons. The highest BCUT2D eigenvalue weighted by Crippen LogP contribution is 2.14. The summed E-state index contributed by atoms with van der Waals surface area (Å²) in [4.78, 5) is 0. The second-order valence-electron chi connectivity index (χ2n) is 3.68. The molecular weight excluding hydrogens is 124 g/mol.